The van der Waals surface area contributed by atoms with E-state index in [9.17, 15) is 13.6 Å². The van der Waals surface area contributed by atoms with Crippen LogP contribution in [0.15, 0.2) is 42.7 Å². The number of anilines is 1. The summed E-state index contributed by atoms with van der Waals surface area (Å²) in [5.74, 6) is -0.148. The molecule has 0 aliphatic carbocycles. The third kappa shape index (κ3) is 5.71. The van der Waals surface area contributed by atoms with Gasteiger partial charge < -0.3 is 15.4 Å². The first-order valence-corrected chi connectivity index (χ1v) is 7.10. The molecule has 23 heavy (non-hydrogen) atoms. The summed E-state index contributed by atoms with van der Waals surface area (Å²) in [5, 5.41) is 5.23. The smallest absolute Gasteiger partial charge is 0.387 e. The van der Waals surface area contributed by atoms with Crippen molar-refractivity contribution in [3.63, 3.8) is 0 Å². The average Bonchev–Trinajstić information content (AvgIpc) is 2.51. The summed E-state index contributed by atoms with van der Waals surface area (Å²) in [7, 11) is 0. The highest BCUT2D eigenvalue weighted by Crippen LogP contribution is 2.28. The van der Waals surface area contributed by atoms with E-state index in [4.69, 9.17) is 11.6 Å². The lowest BCUT2D eigenvalue weighted by Gasteiger charge is -2.10. The van der Waals surface area contributed by atoms with Crippen molar-refractivity contribution in [2.45, 2.75) is 13.0 Å². The van der Waals surface area contributed by atoms with Gasteiger partial charge in [-0.2, -0.15) is 8.78 Å². The number of urea groups is 1. The maximum Gasteiger partial charge on any atom is 0.387 e. The molecule has 0 radical (unpaired) electrons. The summed E-state index contributed by atoms with van der Waals surface area (Å²) in [4.78, 5) is 15.7. The predicted octanol–water partition coefficient (Wildman–Crippen LogP) is 3.70. The van der Waals surface area contributed by atoms with E-state index in [-0.39, 0.29) is 10.8 Å². The minimum absolute atomic E-state index is 0.0140. The summed E-state index contributed by atoms with van der Waals surface area (Å²) >= 11 is 5.81. The largest absolute Gasteiger partial charge is 0.433 e. The van der Waals surface area contributed by atoms with Gasteiger partial charge in [-0.25, -0.2) is 4.79 Å². The number of benzene rings is 1. The van der Waals surface area contributed by atoms with Crippen molar-refractivity contribution in [2.75, 3.05) is 11.9 Å². The second kappa shape index (κ2) is 8.28. The molecule has 0 fully saturated rings. The van der Waals surface area contributed by atoms with Gasteiger partial charge in [-0.3, -0.25) is 4.98 Å². The summed E-state index contributed by atoms with van der Waals surface area (Å²) in [5.41, 5.74) is 1.43. The van der Waals surface area contributed by atoms with Gasteiger partial charge in [0, 0.05) is 24.6 Å². The van der Waals surface area contributed by atoms with Crippen LogP contribution in [0.25, 0.3) is 0 Å². The quantitative estimate of drug-likeness (QED) is 0.842. The molecule has 2 amide bonds. The van der Waals surface area contributed by atoms with E-state index in [1.807, 2.05) is 12.1 Å². The highest BCUT2D eigenvalue weighted by atomic mass is 35.5. The van der Waals surface area contributed by atoms with Gasteiger partial charge in [-0.05, 0) is 42.3 Å². The zero-order chi connectivity index (χ0) is 16.7. The summed E-state index contributed by atoms with van der Waals surface area (Å²) in [6.45, 7) is -2.52. The first kappa shape index (κ1) is 17.0. The van der Waals surface area contributed by atoms with Crippen LogP contribution in [0.5, 0.6) is 5.75 Å². The number of nitrogens with zero attached hydrogens (tertiary/aromatic N) is 1. The van der Waals surface area contributed by atoms with Crippen LogP contribution >= 0.6 is 11.6 Å². The Kier molecular flexibility index (Phi) is 6.10. The molecule has 0 atom stereocenters. The molecule has 2 N–H and O–H groups in total. The number of rotatable bonds is 6. The van der Waals surface area contributed by atoms with Crippen LogP contribution in [-0.2, 0) is 6.42 Å². The number of ether oxygens (including phenoxy) is 1. The molecule has 1 heterocycles. The molecule has 5 nitrogen and oxygen atoms in total. The monoisotopic (exact) mass is 341 g/mol. The first-order valence-electron chi connectivity index (χ1n) is 6.72. The Morgan fingerprint density at radius 2 is 2.00 bits per heavy atom. The number of pyridine rings is 1. The number of amides is 2. The number of hydrogen-bond donors (Lipinski definition) is 2. The minimum atomic E-state index is -2.96. The lowest BCUT2D eigenvalue weighted by molar-refractivity contribution is -0.0497. The molecule has 122 valence electrons. The van der Waals surface area contributed by atoms with Gasteiger partial charge in [0.2, 0.25) is 0 Å². The van der Waals surface area contributed by atoms with Crippen molar-refractivity contribution in [3.05, 3.63) is 53.3 Å². The van der Waals surface area contributed by atoms with Gasteiger partial charge >= 0.3 is 12.6 Å². The molecule has 0 aliphatic heterocycles. The maximum absolute atomic E-state index is 12.1. The van der Waals surface area contributed by atoms with Crippen molar-refractivity contribution in [2.24, 2.45) is 0 Å². The second-order valence-corrected chi connectivity index (χ2v) is 4.92. The molecule has 0 bridgehead atoms. The van der Waals surface area contributed by atoms with E-state index in [1.54, 1.807) is 12.4 Å². The number of aromatic nitrogens is 1. The highest BCUT2D eigenvalue weighted by Gasteiger charge is 2.10. The summed E-state index contributed by atoms with van der Waals surface area (Å²) < 4.78 is 28.5. The number of hydrogen-bond acceptors (Lipinski definition) is 3. The van der Waals surface area contributed by atoms with E-state index in [0.717, 1.165) is 5.56 Å². The van der Waals surface area contributed by atoms with Gasteiger partial charge in [-0.1, -0.05) is 11.6 Å². The van der Waals surface area contributed by atoms with Crippen LogP contribution in [0, 0.1) is 0 Å². The molecule has 0 aliphatic rings. The third-order valence-corrected chi connectivity index (χ3v) is 3.15. The molecular formula is C15H14ClF2N3O2. The lowest BCUT2D eigenvalue weighted by atomic mass is 10.2. The molecular weight excluding hydrogens is 328 g/mol. The highest BCUT2D eigenvalue weighted by molar-refractivity contribution is 6.32. The maximum atomic E-state index is 12.1. The Labute approximate surface area is 136 Å². The fraction of sp³-hybridized carbons (Fsp3) is 0.200. The van der Waals surface area contributed by atoms with E-state index in [1.165, 1.54) is 18.2 Å². The molecule has 0 unspecified atom stereocenters. The van der Waals surface area contributed by atoms with Gasteiger partial charge in [0.05, 0.1) is 5.02 Å². The topological polar surface area (TPSA) is 63.2 Å². The summed E-state index contributed by atoms with van der Waals surface area (Å²) in [6, 6.07) is 7.33. The van der Waals surface area contributed by atoms with Crippen LogP contribution < -0.4 is 15.4 Å². The molecule has 8 heteroatoms. The van der Waals surface area contributed by atoms with Crippen LogP contribution in [0.3, 0.4) is 0 Å². The average molecular weight is 342 g/mol. The van der Waals surface area contributed by atoms with Crippen LogP contribution in [0.4, 0.5) is 19.3 Å². The van der Waals surface area contributed by atoms with Crippen LogP contribution in [-0.4, -0.2) is 24.2 Å². The standard InChI is InChI=1S/C15H14ClF2N3O2/c16-12-9-11(1-2-13(12)23-14(17)18)21-15(22)20-8-5-10-3-6-19-7-4-10/h1-4,6-7,9,14H,5,8H2,(H2,20,21,22). The van der Waals surface area contributed by atoms with E-state index < -0.39 is 12.6 Å². The third-order valence-electron chi connectivity index (χ3n) is 2.85. The number of carbonyl (C=O) groups excluding carboxylic acids is 1. The number of nitrogens with one attached hydrogen (secondary N) is 2. The number of halogens is 3. The molecule has 2 aromatic rings. The van der Waals surface area contributed by atoms with E-state index in [2.05, 4.69) is 20.4 Å². The Morgan fingerprint density at radius 1 is 1.26 bits per heavy atom. The fourth-order valence-electron chi connectivity index (χ4n) is 1.82. The minimum Gasteiger partial charge on any atom is -0.433 e. The van der Waals surface area contributed by atoms with Gasteiger partial charge in [0.1, 0.15) is 5.75 Å². The normalized spacial score (nSPS) is 10.4. The molecule has 0 saturated heterocycles. The lowest BCUT2D eigenvalue weighted by Crippen LogP contribution is -2.30. The zero-order valence-corrected chi connectivity index (χ0v) is 12.7. The van der Waals surface area contributed by atoms with Gasteiger partial charge in [0.25, 0.3) is 0 Å². The van der Waals surface area contributed by atoms with E-state index >= 15 is 0 Å². The Hall–Kier alpha value is -2.41. The van der Waals surface area contributed by atoms with Crippen molar-refractivity contribution in [1.82, 2.24) is 10.3 Å². The SMILES string of the molecule is O=C(NCCc1ccncc1)Nc1ccc(OC(F)F)c(Cl)c1. The number of alkyl halides is 2. The molecule has 1 aromatic heterocycles. The fourth-order valence-corrected chi connectivity index (χ4v) is 2.04. The Bertz CT molecular complexity index is 656. The van der Waals surface area contributed by atoms with Gasteiger partial charge in [-0.15, -0.1) is 0 Å². The molecule has 0 saturated carbocycles. The van der Waals surface area contributed by atoms with Crippen LogP contribution in [0.1, 0.15) is 5.56 Å². The first-order chi connectivity index (χ1) is 11.0. The summed E-state index contributed by atoms with van der Waals surface area (Å²) in [6.07, 6.45) is 4.03. The molecule has 1 aromatic carbocycles. The Balaban J connectivity index is 1.82. The van der Waals surface area contributed by atoms with Crippen molar-refractivity contribution in [3.8, 4) is 5.75 Å². The second-order valence-electron chi connectivity index (χ2n) is 4.51. The number of carbonyl (C=O) groups is 1. The van der Waals surface area contributed by atoms with E-state index in [0.29, 0.717) is 18.7 Å². The molecule has 2 rings (SSSR count). The van der Waals surface area contributed by atoms with Crippen molar-refractivity contribution >= 4 is 23.3 Å². The van der Waals surface area contributed by atoms with Crippen molar-refractivity contribution < 1.29 is 18.3 Å². The molecule has 0 spiro atoms. The van der Waals surface area contributed by atoms with Crippen molar-refractivity contribution in [1.29, 1.82) is 0 Å². The predicted molar refractivity (Wildman–Crippen MR) is 83.0 cm³/mol. The zero-order valence-electron chi connectivity index (χ0n) is 11.9. The Morgan fingerprint density at radius 3 is 2.65 bits per heavy atom. The van der Waals surface area contributed by atoms with Crippen LogP contribution in [0.2, 0.25) is 5.02 Å². The van der Waals surface area contributed by atoms with Gasteiger partial charge in [0.15, 0.2) is 0 Å².